The lowest BCUT2D eigenvalue weighted by Crippen LogP contribution is -2.51. The molecule has 2 aliphatic heterocycles. The summed E-state index contributed by atoms with van der Waals surface area (Å²) in [7, 11) is 0. The van der Waals surface area contributed by atoms with Gasteiger partial charge in [-0.2, -0.15) is 0 Å². The fourth-order valence-electron chi connectivity index (χ4n) is 4.34. The number of carbonyl (C=O) groups is 2. The molecule has 2 amide bonds. The number of ether oxygens (including phenoxy) is 1. The summed E-state index contributed by atoms with van der Waals surface area (Å²) >= 11 is 0. The lowest BCUT2D eigenvalue weighted by molar-refractivity contribution is -0.139. The lowest BCUT2D eigenvalue weighted by Gasteiger charge is -2.39. The van der Waals surface area contributed by atoms with Crippen LogP contribution in [0.3, 0.4) is 0 Å². The molecule has 0 aliphatic carbocycles. The van der Waals surface area contributed by atoms with Crippen LogP contribution in [-0.2, 0) is 14.3 Å². The Morgan fingerprint density at radius 3 is 2.32 bits per heavy atom. The minimum Gasteiger partial charge on any atom is -0.468 e. The smallest absolute Gasteiger partial charge is 0.309 e. The van der Waals surface area contributed by atoms with Crippen LogP contribution >= 0.6 is 0 Å². The van der Waals surface area contributed by atoms with Crippen LogP contribution in [0.25, 0.3) is 0 Å². The molecule has 2 aromatic rings. The molecule has 1 aromatic heterocycles. The molecule has 9 nitrogen and oxygen atoms in total. The van der Waals surface area contributed by atoms with Crippen LogP contribution in [0.15, 0.2) is 47.1 Å². The minimum absolute atomic E-state index is 0.185. The Hall–Kier alpha value is -2.95. The molecule has 10 heteroatoms. The molecule has 34 heavy (non-hydrogen) atoms. The summed E-state index contributed by atoms with van der Waals surface area (Å²) in [5, 5.41) is 5.46. The summed E-state index contributed by atoms with van der Waals surface area (Å²) in [4.78, 5) is 31.3. The van der Waals surface area contributed by atoms with Gasteiger partial charge in [-0.25, -0.2) is 4.39 Å². The number of piperazine rings is 1. The molecule has 2 fully saturated rings. The molecule has 0 saturated carbocycles. The van der Waals surface area contributed by atoms with Gasteiger partial charge in [0.05, 0.1) is 25.5 Å². The predicted octanol–water partition coefficient (Wildman–Crippen LogP) is 0.847. The highest BCUT2D eigenvalue weighted by molar-refractivity contribution is 6.35. The third-order valence-electron chi connectivity index (χ3n) is 6.30. The quantitative estimate of drug-likeness (QED) is 0.550. The number of morpholine rings is 1. The van der Waals surface area contributed by atoms with Crippen molar-refractivity contribution in [1.29, 1.82) is 0 Å². The van der Waals surface area contributed by atoms with Crippen molar-refractivity contribution in [3.8, 4) is 0 Å². The Morgan fingerprint density at radius 2 is 1.65 bits per heavy atom. The molecule has 2 saturated heterocycles. The summed E-state index contributed by atoms with van der Waals surface area (Å²) in [6, 6.07) is 10.0. The highest BCUT2D eigenvalue weighted by Crippen LogP contribution is 2.24. The van der Waals surface area contributed by atoms with Crippen molar-refractivity contribution in [3.63, 3.8) is 0 Å². The van der Waals surface area contributed by atoms with Crippen molar-refractivity contribution in [2.45, 2.75) is 6.04 Å². The molecule has 1 aromatic carbocycles. The first-order valence-electron chi connectivity index (χ1n) is 11.7. The monoisotopic (exact) mass is 473 g/mol. The molecule has 2 N–H and O–H groups in total. The van der Waals surface area contributed by atoms with Crippen LogP contribution in [0.5, 0.6) is 0 Å². The van der Waals surface area contributed by atoms with E-state index in [2.05, 4.69) is 25.3 Å². The summed E-state index contributed by atoms with van der Waals surface area (Å²) < 4.78 is 24.2. The van der Waals surface area contributed by atoms with Gasteiger partial charge >= 0.3 is 11.8 Å². The number of anilines is 1. The average molecular weight is 474 g/mol. The number of furan rings is 1. The Morgan fingerprint density at radius 1 is 0.941 bits per heavy atom. The zero-order valence-corrected chi connectivity index (χ0v) is 19.2. The molecule has 0 unspecified atom stereocenters. The maximum absolute atomic E-state index is 13.2. The molecule has 1 atom stereocenters. The van der Waals surface area contributed by atoms with E-state index in [9.17, 15) is 14.0 Å². The van der Waals surface area contributed by atoms with Gasteiger partial charge in [0, 0.05) is 64.6 Å². The highest BCUT2D eigenvalue weighted by Gasteiger charge is 2.28. The second-order valence-electron chi connectivity index (χ2n) is 8.45. The standard InChI is InChI=1S/C24H32FN5O4/c25-19-3-5-20(6-4-19)29-9-11-30(12-10-29)21(22-2-1-15-34-22)18-27-24(32)23(31)26-7-8-28-13-16-33-17-14-28/h1-6,15,21H,7-14,16-18H2,(H,26,31)(H,27,32)/t21-/m1/s1. The highest BCUT2D eigenvalue weighted by atomic mass is 19.1. The fourth-order valence-corrected chi connectivity index (χ4v) is 4.34. The lowest BCUT2D eigenvalue weighted by atomic mass is 10.1. The first-order chi connectivity index (χ1) is 16.6. The largest absolute Gasteiger partial charge is 0.468 e. The number of carbonyl (C=O) groups excluding carboxylic acids is 2. The van der Waals surface area contributed by atoms with Gasteiger partial charge in [-0.15, -0.1) is 0 Å². The van der Waals surface area contributed by atoms with Gasteiger partial charge in [-0.1, -0.05) is 0 Å². The van der Waals surface area contributed by atoms with Gasteiger partial charge < -0.3 is 24.7 Å². The molecule has 0 bridgehead atoms. The molecule has 4 rings (SSSR count). The third kappa shape index (κ3) is 6.55. The van der Waals surface area contributed by atoms with Crippen molar-refractivity contribution in [1.82, 2.24) is 20.4 Å². The second-order valence-corrected chi connectivity index (χ2v) is 8.45. The molecular formula is C24H32FN5O4. The number of hydrogen-bond donors (Lipinski definition) is 2. The SMILES string of the molecule is O=C(NCCN1CCOCC1)C(=O)NC[C@H](c1ccco1)N1CCN(c2ccc(F)cc2)CC1. The van der Waals surface area contributed by atoms with Crippen LogP contribution < -0.4 is 15.5 Å². The number of rotatable bonds is 8. The number of hydrogen-bond acceptors (Lipinski definition) is 7. The van der Waals surface area contributed by atoms with Crippen molar-refractivity contribution < 1.29 is 23.1 Å². The Bertz CT molecular complexity index is 910. The number of nitrogens with zero attached hydrogens (tertiary/aromatic N) is 3. The number of nitrogens with one attached hydrogen (secondary N) is 2. The van der Waals surface area contributed by atoms with Crippen molar-refractivity contribution in [3.05, 3.63) is 54.2 Å². The topological polar surface area (TPSA) is 90.3 Å². The Balaban J connectivity index is 1.26. The van der Waals surface area contributed by atoms with Gasteiger partial charge in [-0.05, 0) is 36.4 Å². The van der Waals surface area contributed by atoms with E-state index < -0.39 is 11.8 Å². The van der Waals surface area contributed by atoms with Gasteiger partial charge in [0.25, 0.3) is 0 Å². The van der Waals surface area contributed by atoms with E-state index >= 15 is 0 Å². The Kier molecular flexibility index (Phi) is 8.51. The van der Waals surface area contributed by atoms with Gasteiger partial charge in [0.2, 0.25) is 0 Å². The van der Waals surface area contributed by atoms with E-state index in [-0.39, 0.29) is 18.4 Å². The summed E-state index contributed by atoms with van der Waals surface area (Å²) in [6.07, 6.45) is 1.61. The summed E-state index contributed by atoms with van der Waals surface area (Å²) in [5.41, 5.74) is 0.984. The fraction of sp³-hybridized carbons (Fsp3) is 0.500. The number of benzene rings is 1. The van der Waals surface area contributed by atoms with E-state index in [1.54, 1.807) is 18.4 Å². The normalized spacial score (nSPS) is 18.4. The first-order valence-corrected chi connectivity index (χ1v) is 11.7. The molecule has 3 heterocycles. The van der Waals surface area contributed by atoms with E-state index in [4.69, 9.17) is 9.15 Å². The maximum Gasteiger partial charge on any atom is 0.309 e. The van der Waals surface area contributed by atoms with Gasteiger partial charge in [-0.3, -0.25) is 19.4 Å². The van der Waals surface area contributed by atoms with Crippen LogP contribution in [-0.4, -0.2) is 93.7 Å². The van der Waals surface area contributed by atoms with Crippen LogP contribution in [0.4, 0.5) is 10.1 Å². The molecule has 184 valence electrons. The van der Waals surface area contributed by atoms with Crippen molar-refractivity contribution in [2.75, 3.05) is 77.0 Å². The molecule has 0 radical (unpaired) electrons. The minimum atomic E-state index is -0.650. The molecule has 0 spiro atoms. The van der Waals surface area contributed by atoms with Gasteiger partial charge in [0.1, 0.15) is 11.6 Å². The third-order valence-corrected chi connectivity index (χ3v) is 6.30. The Labute approximate surface area is 198 Å². The van der Waals surface area contributed by atoms with E-state index in [0.717, 1.165) is 50.7 Å². The second kappa shape index (κ2) is 12.0. The molecular weight excluding hydrogens is 441 g/mol. The zero-order chi connectivity index (χ0) is 23.8. The summed E-state index contributed by atoms with van der Waals surface area (Å²) in [5.74, 6) is -0.791. The van der Waals surface area contributed by atoms with Gasteiger partial charge in [0.15, 0.2) is 0 Å². The van der Waals surface area contributed by atoms with Crippen LogP contribution in [0.1, 0.15) is 11.8 Å². The van der Waals surface area contributed by atoms with E-state index in [1.165, 1.54) is 12.1 Å². The van der Waals surface area contributed by atoms with E-state index in [0.29, 0.717) is 26.3 Å². The average Bonchev–Trinajstić information content (AvgIpc) is 3.40. The van der Waals surface area contributed by atoms with Crippen LogP contribution in [0.2, 0.25) is 0 Å². The number of amides is 2. The van der Waals surface area contributed by atoms with E-state index in [1.807, 2.05) is 12.1 Å². The number of halogens is 1. The van der Waals surface area contributed by atoms with Crippen molar-refractivity contribution >= 4 is 17.5 Å². The van der Waals surface area contributed by atoms with Crippen molar-refractivity contribution in [2.24, 2.45) is 0 Å². The van der Waals surface area contributed by atoms with Crippen LogP contribution in [0, 0.1) is 5.82 Å². The first kappa shape index (κ1) is 24.2. The summed E-state index contributed by atoms with van der Waals surface area (Å²) in [6.45, 7) is 7.44. The zero-order valence-electron chi connectivity index (χ0n) is 19.2. The predicted molar refractivity (Wildman–Crippen MR) is 125 cm³/mol. The molecule has 2 aliphatic rings. The maximum atomic E-state index is 13.2.